The highest BCUT2D eigenvalue weighted by atomic mass is 32.1. The van der Waals surface area contributed by atoms with Crippen molar-refractivity contribution in [3.05, 3.63) is 16.1 Å². The van der Waals surface area contributed by atoms with Gasteiger partial charge in [-0.3, -0.25) is 4.79 Å². The van der Waals surface area contributed by atoms with Gasteiger partial charge in [0, 0.05) is 12.6 Å². The van der Waals surface area contributed by atoms with Gasteiger partial charge >= 0.3 is 0 Å². The van der Waals surface area contributed by atoms with E-state index in [1.165, 1.54) is 24.2 Å². The summed E-state index contributed by atoms with van der Waals surface area (Å²) in [6.07, 6.45) is 5.15. The van der Waals surface area contributed by atoms with Crippen LogP contribution < -0.4 is 10.6 Å². The summed E-state index contributed by atoms with van der Waals surface area (Å²) in [6, 6.07) is 0.587. The minimum absolute atomic E-state index is 0.00333. The minimum Gasteiger partial charge on any atom is -0.351 e. The van der Waals surface area contributed by atoms with Gasteiger partial charge in [-0.15, -0.1) is 11.3 Å². The maximum atomic E-state index is 11.7. The Morgan fingerprint density at radius 3 is 3.25 bits per heavy atom. The van der Waals surface area contributed by atoms with E-state index in [1.807, 2.05) is 6.92 Å². The highest BCUT2D eigenvalue weighted by Crippen LogP contribution is 2.11. The molecule has 1 aliphatic heterocycles. The van der Waals surface area contributed by atoms with Crippen molar-refractivity contribution in [3.63, 3.8) is 0 Å². The van der Waals surface area contributed by atoms with Crippen LogP contribution in [-0.2, 0) is 0 Å². The molecule has 0 aliphatic carbocycles. The number of nitrogens with one attached hydrogen (secondary N) is 2. The van der Waals surface area contributed by atoms with Crippen molar-refractivity contribution in [2.24, 2.45) is 0 Å². The first kappa shape index (κ1) is 11.5. The average Bonchev–Trinajstić information content (AvgIpc) is 2.89. The molecule has 2 N–H and O–H groups in total. The summed E-state index contributed by atoms with van der Waals surface area (Å²) >= 11 is 1.44. The Kier molecular flexibility index (Phi) is 3.90. The van der Waals surface area contributed by atoms with E-state index in [9.17, 15) is 4.79 Å². The van der Waals surface area contributed by atoms with Crippen molar-refractivity contribution >= 4 is 17.2 Å². The zero-order chi connectivity index (χ0) is 11.4. The molecule has 2 rings (SSSR count). The van der Waals surface area contributed by atoms with Gasteiger partial charge in [-0.05, 0) is 32.7 Å². The molecule has 0 saturated carbocycles. The lowest BCUT2D eigenvalue weighted by molar-refractivity contribution is 0.0956. The maximum Gasteiger partial charge on any atom is 0.263 e. The van der Waals surface area contributed by atoms with Crippen LogP contribution in [0.5, 0.6) is 0 Å². The molecule has 0 bridgehead atoms. The van der Waals surface area contributed by atoms with Crippen LogP contribution in [0.2, 0.25) is 0 Å². The molecule has 1 saturated heterocycles. The third-order valence-corrected chi connectivity index (χ3v) is 3.70. The fourth-order valence-electron chi connectivity index (χ4n) is 1.92. The lowest BCUT2D eigenvalue weighted by Crippen LogP contribution is -2.30. The lowest BCUT2D eigenvalue weighted by Gasteiger charge is -2.09. The summed E-state index contributed by atoms with van der Waals surface area (Å²) in [4.78, 5) is 16.4. The zero-order valence-electron chi connectivity index (χ0n) is 9.45. The van der Waals surface area contributed by atoms with Crippen LogP contribution in [0.3, 0.4) is 0 Å². The summed E-state index contributed by atoms with van der Waals surface area (Å²) < 4.78 is 0. The van der Waals surface area contributed by atoms with E-state index in [4.69, 9.17) is 0 Å². The highest BCUT2D eigenvalue weighted by Gasteiger charge is 2.14. The molecule has 1 atom stereocenters. The monoisotopic (exact) mass is 239 g/mol. The smallest absolute Gasteiger partial charge is 0.263 e. The SMILES string of the molecule is Cc1ncc(C(=O)NCC[C@H]2CCCN2)s1. The molecule has 88 valence electrons. The van der Waals surface area contributed by atoms with E-state index in [0.717, 1.165) is 24.5 Å². The van der Waals surface area contributed by atoms with E-state index in [2.05, 4.69) is 15.6 Å². The first-order valence-corrected chi connectivity index (χ1v) is 6.51. The molecule has 5 heteroatoms. The Labute approximate surface area is 99.5 Å². The van der Waals surface area contributed by atoms with Gasteiger partial charge in [-0.2, -0.15) is 0 Å². The minimum atomic E-state index is 0.00333. The van der Waals surface area contributed by atoms with Crippen LogP contribution in [-0.4, -0.2) is 30.0 Å². The average molecular weight is 239 g/mol. The molecule has 1 amide bonds. The van der Waals surface area contributed by atoms with E-state index in [0.29, 0.717) is 10.9 Å². The summed E-state index contributed by atoms with van der Waals surface area (Å²) in [5.41, 5.74) is 0. The molecule has 1 fully saturated rings. The fourth-order valence-corrected chi connectivity index (χ4v) is 2.61. The predicted octanol–water partition coefficient (Wildman–Crippen LogP) is 1.32. The van der Waals surface area contributed by atoms with Crippen molar-refractivity contribution in [3.8, 4) is 0 Å². The summed E-state index contributed by atoms with van der Waals surface area (Å²) in [6.45, 7) is 3.77. The number of carbonyl (C=O) groups is 1. The number of aryl methyl sites for hydroxylation is 1. The third-order valence-electron chi connectivity index (χ3n) is 2.79. The molecule has 0 radical (unpaired) electrons. The molecular weight excluding hydrogens is 222 g/mol. The molecule has 0 spiro atoms. The van der Waals surface area contributed by atoms with Crippen molar-refractivity contribution in [1.82, 2.24) is 15.6 Å². The number of rotatable bonds is 4. The molecule has 1 aliphatic rings. The summed E-state index contributed by atoms with van der Waals surface area (Å²) in [5, 5.41) is 7.28. The van der Waals surface area contributed by atoms with Crippen LogP contribution >= 0.6 is 11.3 Å². The van der Waals surface area contributed by atoms with Crippen LogP contribution in [0.1, 0.15) is 33.9 Å². The van der Waals surface area contributed by atoms with E-state index in [1.54, 1.807) is 6.20 Å². The quantitative estimate of drug-likeness (QED) is 0.833. The van der Waals surface area contributed by atoms with Gasteiger partial charge in [0.2, 0.25) is 0 Å². The number of aromatic nitrogens is 1. The van der Waals surface area contributed by atoms with Gasteiger partial charge in [0.05, 0.1) is 11.2 Å². The Hall–Kier alpha value is -0.940. The van der Waals surface area contributed by atoms with Gasteiger partial charge in [-0.1, -0.05) is 0 Å². The first-order chi connectivity index (χ1) is 7.75. The van der Waals surface area contributed by atoms with Crippen LogP contribution in [0.25, 0.3) is 0 Å². The largest absolute Gasteiger partial charge is 0.351 e. The molecule has 0 aromatic carbocycles. The van der Waals surface area contributed by atoms with Gasteiger partial charge in [0.1, 0.15) is 4.88 Å². The number of nitrogens with zero attached hydrogens (tertiary/aromatic N) is 1. The Morgan fingerprint density at radius 1 is 1.75 bits per heavy atom. The van der Waals surface area contributed by atoms with Crippen molar-refractivity contribution < 1.29 is 4.79 Å². The summed E-state index contributed by atoms with van der Waals surface area (Å²) in [5.74, 6) is 0.00333. The number of amides is 1. The lowest BCUT2D eigenvalue weighted by atomic mass is 10.1. The molecule has 1 aromatic rings. The topological polar surface area (TPSA) is 54.0 Å². The van der Waals surface area contributed by atoms with Crippen molar-refractivity contribution in [1.29, 1.82) is 0 Å². The molecule has 0 unspecified atom stereocenters. The number of thiazole rings is 1. The Morgan fingerprint density at radius 2 is 2.62 bits per heavy atom. The molecule has 2 heterocycles. The number of hydrogen-bond acceptors (Lipinski definition) is 4. The van der Waals surface area contributed by atoms with E-state index >= 15 is 0 Å². The second-order valence-corrected chi connectivity index (χ2v) is 5.32. The number of hydrogen-bond donors (Lipinski definition) is 2. The second kappa shape index (κ2) is 5.41. The van der Waals surface area contributed by atoms with Gasteiger partial charge in [0.15, 0.2) is 0 Å². The zero-order valence-corrected chi connectivity index (χ0v) is 10.3. The fraction of sp³-hybridized carbons (Fsp3) is 0.636. The first-order valence-electron chi connectivity index (χ1n) is 5.70. The maximum absolute atomic E-state index is 11.7. The van der Waals surface area contributed by atoms with E-state index < -0.39 is 0 Å². The van der Waals surface area contributed by atoms with Crippen LogP contribution in [0.15, 0.2) is 6.20 Å². The molecule has 4 nitrogen and oxygen atoms in total. The van der Waals surface area contributed by atoms with Crippen molar-refractivity contribution in [2.45, 2.75) is 32.2 Å². The predicted molar refractivity (Wildman–Crippen MR) is 64.8 cm³/mol. The second-order valence-electron chi connectivity index (χ2n) is 4.08. The molecular formula is C11H17N3OS. The van der Waals surface area contributed by atoms with Crippen LogP contribution in [0, 0.1) is 6.92 Å². The van der Waals surface area contributed by atoms with Crippen LogP contribution in [0.4, 0.5) is 0 Å². The van der Waals surface area contributed by atoms with Gasteiger partial charge < -0.3 is 10.6 Å². The standard InChI is InChI=1S/C11H17N3OS/c1-8-14-7-10(16-8)11(15)13-6-4-9-3-2-5-12-9/h7,9,12H,2-6H2,1H3,(H,13,15)/t9-/m1/s1. The number of carbonyl (C=O) groups excluding carboxylic acids is 1. The molecule has 1 aromatic heterocycles. The van der Waals surface area contributed by atoms with Crippen molar-refractivity contribution in [2.75, 3.05) is 13.1 Å². The Bertz CT molecular complexity index is 358. The Balaban J connectivity index is 1.71. The molecule has 16 heavy (non-hydrogen) atoms. The summed E-state index contributed by atoms with van der Waals surface area (Å²) in [7, 11) is 0. The highest BCUT2D eigenvalue weighted by molar-refractivity contribution is 7.13. The normalized spacial score (nSPS) is 19.9. The van der Waals surface area contributed by atoms with Gasteiger partial charge in [0.25, 0.3) is 5.91 Å². The third kappa shape index (κ3) is 3.02. The van der Waals surface area contributed by atoms with E-state index in [-0.39, 0.29) is 5.91 Å². The van der Waals surface area contributed by atoms with Gasteiger partial charge in [-0.25, -0.2) is 4.98 Å².